The molecular formula is C26H50N4. The molecule has 0 saturated heterocycles. The van der Waals surface area contributed by atoms with Crippen LogP contribution in [0.1, 0.15) is 135 Å². The van der Waals surface area contributed by atoms with E-state index >= 15 is 0 Å². The highest BCUT2D eigenvalue weighted by Crippen LogP contribution is 2.13. The Bertz CT molecular complexity index is 434. The van der Waals surface area contributed by atoms with E-state index in [0.29, 0.717) is 0 Å². The van der Waals surface area contributed by atoms with Crippen LogP contribution in [-0.2, 0) is 0 Å². The highest BCUT2D eigenvalue weighted by molar-refractivity contribution is 5.40. The summed E-state index contributed by atoms with van der Waals surface area (Å²) in [6, 6.07) is 4.92. The molecule has 0 unspecified atom stereocenters. The van der Waals surface area contributed by atoms with Crippen molar-refractivity contribution in [2.45, 2.75) is 135 Å². The minimum Gasteiger partial charge on any atom is -0.242 e. The zero-order chi connectivity index (χ0) is 21.8. The Morgan fingerprint density at radius 1 is 0.433 bits per heavy atom. The SMILES string of the molecule is CCCCCCCCCCCCCCCCCCN=C=NCCCCCCN=C=N. The molecule has 0 saturated carbocycles. The van der Waals surface area contributed by atoms with Crippen molar-refractivity contribution in [2.24, 2.45) is 15.0 Å². The van der Waals surface area contributed by atoms with Crippen molar-refractivity contribution in [3.05, 3.63) is 0 Å². The minimum atomic E-state index is 0.730. The fraction of sp³-hybridized carbons (Fsp3) is 0.923. The van der Waals surface area contributed by atoms with Gasteiger partial charge in [-0.15, -0.1) is 0 Å². The molecule has 0 aliphatic rings. The molecule has 0 aromatic rings. The number of nitrogens with zero attached hydrogens (tertiary/aromatic N) is 3. The van der Waals surface area contributed by atoms with Crippen LogP contribution in [0.3, 0.4) is 0 Å². The van der Waals surface area contributed by atoms with Gasteiger partial charge in [0.15, 0.2) is 0 Å². The van der Waals surface area contributed by atoms with E-state index in [2.05, 4.69) is 33.9 Å². The second kappa shape index (κ2) is 27.8. The van der Waals surface area contributed by atoms with E-state index < -0.39 is 0 Å². The van der Waals surface area contributed by atoms with Gasteiger partial charge in [0.05, 0.1) is 12.0 Å². The molecule has 0 aromatic heterocycles. The third-order valence-electron chi connectivity index (χ3n) is 5.63. The standard InChI is InChI=1S/C26H50N4/c1-2-3-4-5-6-7-8-9-10-11-12-13-14-15-16-20-23-29-26-30-24-21-18-17-19-22-28-25-27/h27H,2-24H2,1H3. The van der Waals surface area contributed by atoms with Crippen LogP contribution in [0.2, 0.25) is 0 Å². The molecule has 0 rings (SSSR count). The van der Waals surface area contributed by atoms with Gasteiger partial charge in [-0.1, -0.05) is 116 Å². The van der Waals surface area contributed by atoms with Gasteiger partial charge in [-0.2, -0.15) is 0 Å². The monoisotopic (exact) mass is 418 g/mol. The zero-order valence-electron chi connectivity index (χ0n) is 20.1. The lowest BCUT2D eigenvalue weighted by molar-refractivity contribution is 0.530. The molecule has 0 aliphatic heterocycles. The Hall–Kier alpha value is -1.24. The molecular weight excluding hydrogens is 368 g/mol. The number of unbranched alkanes of at least 4 members (excludes halogenated alkanes) is 18. The molecule has 0 bridgehead atoms. The van der Waals surface area contributed by atoms with Crippen molar-refractivity contribution in [2.75, 3.05) is 19.6 Å². The third kappa shape index (κ3) is 26.8. The van der Waals surface area contributed by atoms with E-state index in [-0.39, 0.29) is 0 Å². The van der Waals surface area contributed by atoms with E-state index in [9.17, 15) is 0 Å². The predicted octanol–water partition coefficient (Wildman–Crippen LogP) is 8.73. The highest BCUT2D eigenvalue weighted by Gasteiger charge is 1.94. The van der Waals surface area contributed by atoms with Crippen LogP contribution in [0, 0.1) is 5.41 Å². The van der Waals surface area contributed by atoms with E-state index in [4.69, 9.17) is 5.41 Å². The average molecular weight is 419 g/mol. The number of rotatable bonds is 24. The summed E-state index contributed by atoms with van der Waals surface area (Å²) in [6.45, 7) is 4.73. The Kier molecular flexibility index (Phi) is 26.6. The Labute approximate surface area is 187 Å². The highest BCUT2D eigenvalue weighted by atomic mass is 14.8. The molecule has 174 valence electrons. The quantitative estimate of drug-likeness (QED) is 0.120. The van der Waals surface area contributed by atoms with Crippen molar-refractivity contribution < 1.29 is 0 Å². The molecule has 0 heterocycles. The van der Waals surface area contributed by atoms with Gasteiger partial charge in [-0.3, -0.25) is 0 Å². The first-order chi connectivity index (χ1) is 14.9. The molecule has 0 amide bonds. The lowest BCUT2D eigenvalue weighted by Gasteiger charge is -2.03. The normalized spacial score (nSPS) is 10.4. The zero-order valence-corrected chi connectivity index (χ0v) is 20.1. The van der Waals surface area contributed by atoms with Crippen molar-refractivity contribution in [3.63, 3.8) is 0 Å². The summed E-state index contributed by atoms with van der Waals surface area (Å²) in [4.78, 5) is 12.3. The van der Waals surface area contributed by atoms with Crippen LogP contribution in [0.5, 0.6) is 0 Å². The summed E-state index contributed by atoms with van der Waals surface area (Å²) in [6.07, 6.45) is 26.9. The fourth-order valence-electron chi connectivity index (χ4n) is 3.68. The molecule has 0 spiro atoms. The van der Waals surface area contributed by atoms with Crippen molar-refractivity contribution in [1.82, 2.24) is 0 Å². The van der Waals surface area contributed by atoms with E-state index in [1.54, 1.807) is 0 Å². The maximum atomic E-state index is 6.69. The molecule has 0 aromatic carbocycles. The molecule has 4 heteroatoms. The first-order valence-corrected chi connectivity index (χ1v) is 13.1. The van der Waals surface area contributed by atoms with E-state index in [1.165, 1.54) is 103 Å². The van der Waals surface area contributed by atoms with Gasteiger partial charge in [-0.25, -0.2) is 20.4 Å². The number of hydrogen-bond acceptors (Lipinski definition) is 4. The van der Waals surface area contributed by atoms with E-state index in [0.717, 1.165) is 45.3 Å². The number of aliphatic imine (C=N–C) groups is 3. The van der Waals surface area contributed by atoms with Crippen LogP contribution < -0.4 is 0 Å². The first-order valence-electron chi connectivity index (χ1n) is 13.1. The van der Waals surface area contributed by atoms with Gasteiger partial charge >= 0.3 is 0 Å². The number of nitrogens with one attached hydrogen (secondary N) is 1. The summed E-state index contributed by atoms with van der Waals surface area (Å²) in [5.41, 5.74) is 0. The lowest BCUT2D eigenvalue weighted by Crippen LogP contribution is -1.86. The Morgan fingerprint density at radius 3 is 1.07 bits per heavy atom. The van der Waals surface area contributed by atoms with Crippen LogP contribution in [0.15, 0.2) is 15.0 Å². The van der Waals surface area contributed by atoms with Gasteiger partial charge < -0.3 is 0 Å². The van der Waals surface area contributed by atoms with Gasteiger partial charge in [0, 0.05) is 19.6 Å². The summed E-state index contributed by atoms with van der Waals surface area (Å²) in [5, 5.41) is 6.69. The van der Waals surface area contributed by atoms with Crippen molar-refractivity contribution in [3.8, 4) is 0 Å². The lowest BCUT2D eigenvalue weighted by atomic mass is 10.0. The Morgan fingerprint density at radius 2 is 0.733 bits per heavy atom. The molecule has 0 aliphatic carbocycles. The molecule has 4 nitrogen and oxygen atoms in total. The largest absolute Gasteiger partial charge is 0.242 e. The van der Waals surface area contributed by atoms with Gasteiger partial charge in [0.2, 0.25) is 0 Å². The van der Waals surface area contributed by atoms with Gasteiger partial charge in [0.1, 0.15) is 0 Å². The molecule has 0 fully saturated rings. The molecule has 1 N–H and O–H groups in total. The fourth-order valence-corrected chi connectivity index (χ4v) is 3.68. The molecule has 0 atom stereocenters. The average Bonchev–Trinajstić information content (AvgIpc) is 2.76. The second-order valence-corrected chi connectivity index (χ2v) is 8.57. The van der Waals surface area contributed by atoms with Crippen LogP contribution in [-0.4, -0.2) is 31.7 Å². The maximum Gasteiger partial charge on any atom is 0.0892 e. The first kappa shape index (κ1) is 28.8. The summed E-state index contributed by atoms with van der Waals surface area (Å²) in [7, 11) is 0. The van der Waals surface area contributed by atoms with E-state index in [1.807, 2.05) is 0 Å². The Balaban J connectivity index is 3.14. The van der Waals surface area contributed by atoms with Gasteiger partial charge in [-0.05, 0) is 19.3 Å². The van der Waals surface area contributed by atoms with Crippen molar-refractivity contribution in [1.29, 1.82) is 5.41 Å². The predicted molar refractivity (Wildman–Crippen MR) is 133 cm³/mol. The van der Waals surface area contributed by atoms with Crippen LogP contribution in [0.25, 0.3) is 0 Å². The summed E-state index contributed by atoms with van der Waals surface area (Å²) >= 11 is 0. The van der Waals surface area contributed by atoms with Gasteiger partial charge in [0.25, 0.3) is 0 Å². The topological polar surface area (TPSA) is 60.9 Å². The maximum absolute atomic E-state index is 6.69. The second-order valence-electron chi connectivity index (χ2n) is 8.57. The van der Waals surface area contributed by atoms with Crippen LogP contribution >= 0.6 is 0 Å². The third-order valence-corrected chi connectivity index (χ3v) is 5.63. The number of hydrogen-bond donors (Lipinski definition) is 1. The van der Waals surface area contributed by atoms with Crippen LogP contribution in [0.4, 0.5) is 0 Å². The van der Waals surface area contributed by atoms with Crippen molar-refractivity contribution >= 4 is 12.0 Å². The molecule has 30 heavy (non-hydrogen) atoms. The minimum absolute atomic E-state index is 0.730. The molecule has 0 radical (unpaired) electrons. The summed E-state index contributed by atoms with van der Waals surface area (Å²) < 4.78 is 0. The summed E-state index contributed by atoms with van der Waals surface area (Å²) in [5.74, 6) is 0. The smallest absolute Gasteiger partial charge is 0.0892 e.